The standard InChI is InChI=1S/C17H16F3N3O5S/c1-16(20,13(18)19)28-10-4-9(22-6-8(10)7-2-3-7)12(25)23-17(5-11(21)24)14(26)29-15(17)27/h4,6-7,13H,2-3,5H2,1H3,(H2,21,24)(H,23,25)/t16-/m1/s1. The Kier molecular flexibility index (Phi) is 5.32. The molecule has 0 unspecified atom stereocenters. The number of nitrogens with zero attached hydrogens (tertiary/aromatic N) is 1. The van der Waals surface area contributed by atoms with Gasteiger partial charge in [0.2, 0.25) is 16.1 Å². The van der Waals surface area contributed by atoms with Crippen molar-refractivity contribution in [2.75, 3.05) is 0 Å². The Balaban J connectivity index is 1.89. The Morgan fingerprint density at radius 1 is 1.41 bits per heavy atom. The predicted molar refractivity (Wildman–Crippen MR) is 94.0 cm³/mol. The molecule has 1 saturated carbocycles. The van der Waals surface area contributed by atoms with E-state index in [1.165, 1.54) is 6.20 Å². The summed E-state index contributed by atoms with van der Waals surface area (Å²) in [5.41, 5.74) is 2.91. The molecule has 1 aliphatic heterocycles. The van der Waals surface area contributed by atoms with Crippen molar-refractivity contribution >= 4 is 33.8 Å². The first kappa shape index (κ1) is 21.1. The molecule has 3 N–H and O–H groups in total. The smallest absolute Gasteiger partial charge is 0.306 e. The minimum absolute atomic E-state index is 0.0597. The quantitative estimate of drug-likeness (QED) is 0.596. The molecule has 2 amide bonds. The molecule has 2 fully saturated rings. The highest BCUT2D eigenvalue weighted by molar-refractivity contribution is 8.30. The molecule has 12 heteroatoms. The molecule has 1 atom stereocenters. The predicted octanol–water partition coefficient (Wildman–Crippen LogP) is 1.43. The molecule has 0 bridgehead atoms. The second kappa shape index (κ2) is 7.32. The van der Waals surface area contributed by atoms with Crippen LogP contribution in [0.4, 0.5) is 13.2 Å². The molecular formula is C17H16F3N3O5S. The van der Waals surface area contributed by atoms with E-state index in [0.717, 1.165) is 18.9 Å². The lowest BCUT2D eigenvalue weighted by Gasteiger charge is -2.36. The SMILES string of the molecule is C[C@@](F)(Oc1cc(C(=O)NC2(CC(N)=O)C(=O)SC2=O)ncc1C1CC1)C(F)F. The lowest BCUT2D eigenvalue weighted by molar-refractivity contribution is -0.153. The van der Waals surface area contributed by atoms with Crippen LogP contribution in [-0.4, -0.2) is 44.8 Å². The fraction of sp³-hybridized carbons (Fsp3) is 0.471. The van der Waals surface area contributed by atoms with Crippen LogP contribution in [0.2, 0.25) is 0 Å². The average molecular weight is 431 g/mol. The molecule has 8 nitrogen and oxygen atoms in total. The van der Waals surface area contributed by atoms with Crippen LogP contribution >= 0.6 is 11.8 Å². The monoisotopic (exact) mass is 431 g/mol. The third-order valence-electron chi connectivity index (χ3n) is 4.49. The van der Waals surface area contributed by atoms with Gasteiger partial charge in [-0.2, -0.15) is 4.39 Å². The summed E-state index contributed by atoms with van der Waals surface area (Å²) < 4.78 is 44.6. The Labute approximate surface area is 166 Å². The van der Waals surface area contributed by atoms with Gasteiger partial charge in [0, 0.05) is 24.8 Å². The number of amides is 2. The zero-order chi connectivity index (χ0) is 21.6. The summed E-state index contributed by atoms with van der Waals surface area (Å²) in [6.45, 7) is 0.555. The lowest BCUT2D eigenvalue weighted by atomic mass is 9.96. The van der Waals surface area contributed by atoms with Crippen molar-refractivity contribution in [1.82, 2.24) is 10.3 Å². The molecule has 1 aromatic heterocycles. The van der Waals surface area contributed by atoms with Crippen LogP contribution in [0.25, 0.3) is 0 Å². The summed E-state index contributed by atoms with van der Waals surface area (Å²) in [7, 11) is 0. The number of carbonyl (C=O) groups excluding carboxylic acids is 4. The van der Waals surface area contributed by atoms with Crippen molar-refractivity contribution in [3.63, 3.8) is 0 Å². The maximum atomic E-state index is 14.0. The Hall–Kier alpha value is -2.63. The summed E-state index contributed by atoms with van der Waals surface area (Å²) >= 11 is 0.320. The Morgan fingerprint density at radius 3 is 2.52 bits per heavy atom. The summed E-state index contributed by atoms with van der Waals surface area (Å²) in [6, 6.07) is 0.960. The second-order valence-corrected chi connectivity index (χ2v) is 7.90. The number of rotatable bonds is 8. The van der Waals surface area contributed by atoms with Gasteiger partial charge in [0.15, 0.2) is 5.54 Å². The number of ether oxygens (including phenoxy) is 1. The van der Waals surface area contributed by atoms with Crippen LogP contribution in [0, 0.1) is 0 Å². The van der Waals surface area contributed by atoms with Crippen LogP contribution in [0.15, 0.2) is 12.3 Å². The Bertz CT molecular complexity index is 890. The number of thioether (sulfide) groups is 1. The first-order chi connectivity index (χ1) is 13.5. The van der Waals surface area contributed by atoms with Gasteiger partial charge in [-0.15, -0.1) is 0 Å². The third-order valence-corrected chi connectivity index (χ3v) is 5.56. The van der Waals surface area contributed by atoms with Gasteiger partial charge in [-0.1, -0.05) is 0 Å². The van der Waals surface area contributed by atoms with Crippen LogP contribution < -0.4 is 15.8 Å². The van der Waals surface area contributed by atoms with Gasteiger partial charge in [0.1, 0.15) is 11.4 Å². The summed E-state index contributed by atoms with van der Waals surface area (Å²) in [5.74, 6) is -5.68. The molecule has 1 aliphatic carbocycles. The third kappa shape index (κ3) is 4.07. The topological polar surface area (TPSA) is 128 Å². The number of pyridine rings is 1. The highest BCUT2D eigenvalue weighted by Crippen LogP contribution is 2.45. The van der Waals surface area contributed by atoms with Crippen molar-refractivity contribution in [2.24, 2.45) is 5.73 Å². The molecular weight excluding hydrogens is 415 g/mol. The summed E-state index contributed by atoms with van der Waals surface area (Å²) in [4.78, 5) is 51.4. The van der Waals surface area contributed by atoms with E-state index in [-0.39, 0.29) is 11.7 Å². The van der Waals surface area contributed by atoms with E-state index >= 15 is 0 Å². The molecule has 2 aliphatic rings. The number of halogens is 3. The number of nitrogens with one attached hydrogen (secondary N) is 1. The van der Waals surface area contributed by atoms with Crippen molar-refractivity contribution in [3.8, 4) is 5.75 Å². The molecule has 0 spiro atoms. The molecule has 29 heavy (non-hydrogen) atoms. The first-order valence-electron chi connectivity index (χ1n) is 8.50. The van der Waals surface area contributed by atoms with E-state index in [4.69, 9.17) is 10.5 Å². The number of hydrogen-bond acceptors (Lipinski definition) is 7. The molecule has 156 valence electrons. The molecule has 1 saturated heterocycles. The average Bonchev–Trinajstić information content (AvgIpc) is 3.45. The number of carbonyl (C=O) groups is 4. The highest BCUT2D eigenvalue weighted by Gasteiger charge is 2.58. The van der Waals surface area contributed by atoms with Crippen molar-refractivity contribution in [1.29, 1.82) is 0 Å². The molecule has 1 aromatic rings. The van der Waals surface area contributed by atoms with Gasteiger partial charge in [0.25, 0.3) is 5.91 Å². The Morgan fingerprint density at radius 2 is 2.03 bits per heavy atom. The first-order valence-corrected chi connectivity index (χ1v) is 9.31. The van der Waals surface area contributed by atoms with Crippen molar-refractivity contribution in [2.45, 2.75) is 49.9 Å². The molecule has 0 radical (unpaired) electrons. The van der Waals surface area contributed by atoms with E-state index in [1.54, 1.807) is 0 Å². The maximum Gasteiger partial charge on any atom is 0.306 e. The number of primary amides is 1. The van der Waals surface area contributed by atoms with Gasteiger partial charge in [0.05, 0.1) is 6.42 Å². The molecule has 0 aromatic carbocycles. The fourth-order valence-corrected chi connectivity index (χ4v) is 3.52. The second-order valence-electron chi connectivity index (χ2n) is 6.95. The largest absolute Gasteiger partial charge is 0.452 e. The minimum Gasteiger partial charge on any atom is -0.452 e. The van der Waals surface area contributed by atoms with Crippen LogP contribution in [-0.2, 0) is 14.4 Å². The van der Waals surface area contributed by atoms with Gasteiger partial charge in [-0.3, -0.25) is 24.2 Å². The van der Waals surface area contributed by atoms with Gasteiger partial charge >= 0.3 is 12.3 Å². The van der Waals surface area contributed by atoms with Gasteiger partial charge in [-0.05, 0) is 30.5 Å². The number of aromatic nitrogens is 1. The highest BCUT2D eigenvalue weighted by atomic mass is 32.2. The number of hydrogen-bond donors (Lipinski definition) is 2. The van der Waals surface area contributed by atoms with Crippen molar-refractivity contribution < 1.29 is 37.1 Å². The fourth-order valence-electron chi connectivity index (χ4n) is 2.73. The minimum atomic E-state index is -3.44. The lowest BCUT2D eigenvalue weighted by Crippen LogP contribution is -2.66. The van der Waals surface area contributed by atoms with Crippen LogP contribution in [0.5, 0.6) is 5.75 Å². The zero-order valence-corrected chi connectivity index (χ0v) is 15.9. The van der Waals surface area contributed by atoms with Crippen LogP contribution in [0.1, 0.15) is 48.2 Å². The van der Waals surface area contributed by atoms with E-state index in [2.05, 4.69) is 10.3 Å². The van der Waals surface area contributed by atoms with E-state index < -0.39 is 52.0 Å². The normalized spacial score (nSPS) is 20.0. The van der Waals surface area contributed by atoms with E-state index in [1.807, 2.05) is 0 Å². The van der Waals surface area contributed by atoms with Crippen molar-refractivity contribution in [3.05, 3.63) is 23.5 Å². The van der Waals surface area contributed by atoms with E-state index in [0.29, 0.717) is 24.2 Å². The summed E-state index contributed by atoms with van der Waals surface area (Å²) in [6.07, 6.45) is -1.53. The molecule has 3 rings (SSSR count). The van der Waals surface area contributed by atoms with Gasteiger partial charge in [-0.25, -0.2) is 8.78 Å². The zero-order valence-electron chi connectivity index (χ0n) is 15.0. The maximum absolute atomic E-state index is 14.0. The van der Waals surface area contributed by atoms with E-state index in [9.17, 15) is 32.3 Å². The summed E-state index contributed by atoms with van der Waals surface area (Å²) in [5, 5.41) is 0.597. The van der Waals surface area contributed by atoms with Gasteiger partial charge < -0.3 is 15.8 Å². The number of nitrogens with two attached hydrogens (primary N) is 1. The molecule has 2 heterocycles. The van der Waals surface area contributed by atoms with Crippen LogP contribution in [0.3, 0.4) is 0 Å². The number of alkyl halides is 3.